The average Bonchev–Trinajstić information content (AvgIpc) is 3.97. The molecule has 8 aliphatic carbocycles. The molecule has 8 bridgehead atoms. The molecule has 2 aliphatic heterocycles. The van der Waals surface area contributed by atoms with Crippen molar-refractivity contribution in [2.24, 2.45) is 88.8 Å². The molecule has 9 nitrogen and oxygen atoms in total. The lowest BCUT2D eigenvalue weighted by Crippen LogP contribution is -2.58. The molecule has 9 heteroatoms. The summed E-state index contributed by atoms with van der Waals surface area (Å²) in [7, 11) is 0. The van der Waals surface area contributed by atoms with Gasteiger partial charge in [-0.1, -0.05) is 99.9 Å². The molecule has 0 aromatic heterocycles. The van der Waals surface area contributed by atoms with Gasteiger partial charge in [0.1, 0.15) is 17.8 Å². The summed E-state index contributed by atoms with van der Waals surface area (Å²) in [5.74, 6) is 6.70. The summed E-state index contributed by atoms with van der Waals surface area (Å²) < 4.78 is 21.2. The smallest absolute Gasteiger partial charge is 0.317 e. The van der Waals surface area contributed by atoms with Crippen LogP contribution in [0.25, 0.3) is 0 Å². The van der Waals surface area contributed by atoms with Crippen LogP contribution in [0.5, 0.6) is 0 Å². The molecule has 346 valence electrons. The van der Waals surface area contributed by atoms with Gasteiger partial charge in [0.05, 0.1) is 29.6 Å². The van der Waals surface area contributed by atoms with Crippen LogP contribution in [0, 0.1) is 88.8 Å². The van der Waals surface area contributed by atoms with Gasteiger partial charge in [-0.2, -0.15) is 0 Å². The lowest BCUT2D eigenvalue weighted by Gasteiger charge is -2.59. The summed E-state index contributed by atoms with van der Waals surface area (Å²) in [5.41, 5.74) is -0.145. The SMILES string of the molecule is C.C.C.C.C.C.CC1C(=O)OC(=O)C1C.CC1C2CCC(C2)C1C.CCC(C)C(=O)OC1(C)C2CC3CC(C2)CC1C3.CCC(C)C(=O)OC1C2CC3C(=O)OC1C3C2. The second-order valence-corrected chi connectivity index (χ2v) is 19.2. The molecule has 0 aromatic carbocycles. The number of esters is 5. The number of carbonyl (C=O) groups excluding carboxylic acids is 5. The molecule has 2 saturated heterocycles. The van der Waals surface area contributed by atoms with Gasteiger partial charge in [0.2, 0.25) is 0 Å². The van der Waals surface area contributed by atoms with Crippen LogP contribution < -0.4 is 0 Å². The molecule has 0 spiro atoms. The molecule has 13 unspecified atom stereocenters. The summed E-state index contributed by atoms with van der Waals surface area (Å²) in [5, 5.41) is 0. The number of cyclic esters (lactones) is 2. The highest BCUT2D eigenvalue weighted by atomic mass is 16.6. The van der Waals surface area contributed by atoms with Crippen molar-refractivity contribution in [1.29, 1.82) is 0 Å². The third-order valence-corrected chi connectivity index (χ3v) is 16.3. The van der Waals surface area contributed by atoms with E-state index in [9.17, 15) is 24.0 Å². The predicted molar refractivity (Wildman–Crippen MR) is 239 cm³/mol. The first-order chi connectivity index (χ1) is 25.1. The summed E-state index contributed by atoms with van der Waals surface area (Å²) >= 11 is 0. The van der Waals surface area contributed by atoms with Crippen LogP contribution >= 0.6 is 0 Å². The molecular weight excluding hydrogens is 745 g/mol. The molecule has 59 heavy (non-hydrogen) atoms. The van der Waals surface area contributed by atoms with E-state index in [1.165, 1.54) is 44.9 Å². The normalized spacial score (nSPS) is 40.9. The molecular formula is C50H92O9. The van der Waals surface area contributed by atoms with E-state index in [1.807, 2.05) is 20.8 Å². The number of fused-ring (bicyclic) bond motifs is 3. The standard InChI is InChI=1S/C16H26O2.C13H18O4.C9H16.C6H8O3.6CH4/c1-4-10(2)15(17)18-16(3)13-6-11-5-12(8-13)9-14(16)7-11;1-3-6(2)12(14)16-10-7-4-8-9(5-7)13(15)17-11(8)10;1-6-7(2)9-4-3-8(6)5-9;1-3-4(2)6(8)9-5(3)7;;;;;;/h10-14H,4-9H2,1-3H3;6-11H,3-5H2,1-2H3;6-9H,3-5H2,1-2H3;3-4H,1-2H3;6*1H4. The van der Waals surface area contributed by atoms with E-state index < -0.39 is 11.9 Å². The first-order valence-corrected chi connectivity index (χ1v) is 21.4. The van der Waals surface area contributed by atoms with Gasteiger partial charge in [0, 0.05) is 11.8 Å². The Morgan fingerprint density at radius 3 is 1.49 bits per heavy atom. The van der Waals surface area contributed by atoms with Crippen LogP contribution in [-0.4, -0.2) is 47.7 Å². The van der Waals surface area contributed by atoms with Gasteiger partial charge in [-0.3, -0.25) is 24.0 Å². The van der Waals surface area contributed by atoms with E-state index in [-0.39, 0.29) is 110 Å². The molecule has 10 fully saturated rings. The van der Waals surface area contributed by atoms with Crippen LogP contribution in [0.3, 0.4) is 0 Å². The van der Waals surface area contributed by atoms with E-state index in [2.05, 4.69) is 32.4 Å². The molecule has 0 aromatic rings. The fourth-order valence-corrected chi connectivity index (χ4v) is 11.8. The number of hydrogen-bond acceptors (Lipinski definition) is 9. The van der Waals surface area contributed by atoms with Gasteiger partial charge >= 0.3 is 29.8 Å². The molecule has 0 amide bonds. The molecule has 0 radical (unpaired) electrons. The quantitative estimate of drug-likeness (QED) is 0.146. The van der Waals surface area contributed by atoms with Crippen molar-refractivity contribution in [3.05, 3.63) is 0 Å². The zero-order chi connectivity index (χ0) is 38.5. The molecule has 10 rings (SSSR count). The van der Waals surface area contributed by atoms with Crippen molar-refractivity contribution in [1.82, 2.24) is 0 Å². The van der Waals surface area contributed by atoms with Gasteiger partial charge in [0.25, 0.3) is 0 Å². The lowest BCUT2D eigenvalue weighted by molar-refractivity contribution is -0.206. The van der Waals surface area contributed by atoms with Crippen molar-refractivity contribution in [3.63, 3.8) is 0 Å². The summed E-state index contributed by atoms with van der Waals surface area (Å²) in [6, 6.07) is 0. The second-order valence-electron chi connectivity index (χ2n) is 19.2. The summed E-state index contributed by atoms with van der Waals surface area (Å²) in [6.45, 7) is 18.4. The van der Waals surface area contributed by atoms with Crippen molar-refractivity contribution in [2.75, 3.05) is 0 Å². The Morgan fingerprint density at radius 1 is 0.644 bits per heavy atom. The maximum atomic E-state index is 12.1. The van der Waals surface area contributed by atoms with E-state index in [1.54, 1.807) is 20.3 Å². The van der Waals surface area contributed by atoms with E-state index in [0.29, 0.717) is 23.7 Å². The fraction of sp³-hybridized carbons (Fsp3) is 0.900. The first kappa shape index (κ1) is 56.5. The Bertz CT molecular complexity index is 1330. The first-order valence-electron chi connectivity index (χ1n) is 21.4. The monoisotopic (exact) mass is 837 g/mol. The highest BCUT2D eigenvalue weighted by Crippen LogP contribution is 2.60. The highest BCUT2D eigenvalue weighted by Gasteiger charge is 2.63. The highest BCUT2D eigenvalue weighted by molar-refractivity contribution is 5.95. The van der Waals surface area contributed by atoms with Crippen LogP contribution in [0.4, 0.5) is 0 Å². The van der Waals surface area contributed by atoms with Crippen molar-refractivity contribution < 1.29 is 42.9 Å². The zero-order valence-corrected chi connectivity index (χ0v) is 34.0. The largest absolute Gasteiger partial charge is 0.459 e. The van der Waals surface area contributed by atoms with Crippen LogP contribution in [0.2, 0.25) is 0 Å². The number of hydrogen-bond donors (Lipinski definition) is 0. The Kier molecular flexibility index (Phi) is 21.6. The summed E-state index contributed by atoms with van der Waals surface area (Å²) in [4.78, 5) is 56.6. The van der Waals surface area contributed by atoms with Crippen LogP contribution in [-0.2, 0) is 42.9 Å². The van der Waals surface area contributed by atoms with E-state index in [0.717, 1.165) is 61.2 Å². The van der Waals surface area contributed by atoms with E-state index >= 15 is 0 Å². The Balaban J connectivity index is 0.000000766. The minimum Gasteiger partial charge on any atom is -0.459 e. The maximum Gasteiger partial charge on any atom is 0.317 e. The Labute approximate surface area is 362 Å². The van der Waals surface area contributed by atoms with Crippen molar-refractivity contribution >= 4 is 29.8 Å². The van der Waals surface area contributed by atoms with Crippen LogP contribution in [0.1, 0.15) is 184 Å². The van der Waals surface area contributed by atoms with Crippen LogP contribution in [0.15, 0.2) is 0 Å². The molecule has 13 atom stereocenters. The molecule has 0 N–H and O–H groups in total. The molecule has 8 saturated carbocycles. The second kappa shape index (κ2) is 22.6. The maximum absolute atomic E-state index is 12.1. The molecule has 10 aliphatic rings. The minimum atomic E-state index is -0.396. The Morgan fingerprint density at radius 2 is 1.10 bits per heavy atom. The summed E-state index contributed by atoms with van der Waals surface area (Å²) in [6.07, 6.45) is 14.5. The lowest BCUT2D eigenvalue weighted by atomic mass is 9.50. The van der Waals surface area contributed by atoms with Gasteiger partial charge in [0.15, 0.2) is 0 Å². The van der Waals surface area contributed by atoms with Gasteiger partial charge in [-0.25, -0.2) is 0 Å². The Hall–Kier alpha value is -2.45. The number of rotatable bonds is 6. The number of ether oxygens (including phenoxy) is 4. The van der Waals surface area contributed by atoms with Crippen molar-refractivity contribution in [2.45, 2.75) is 202 Å². The number of carbonyl (C=O) groups is 5. The van der Waals surface area contributed by atoms with Crippen molar-refractivity contribution in [3.8, 4) is 0 Å². The third-order valence-electron chi connectivity index (χ3n) is 16.3. The van der Waals surface area contributed by atoms with Gasteiger partial charge in [-0.05, 0) is 131 Å². The average molecular weight is 837 g/mol. The zero-order valence-electron chi connectivity index (χ0n) is 34.0. The molecule has 2 heterocycles. The fourth-order valence-electron chi connectivity index (χ4n) is 11.8. The minimum absolute atomic E-state index is 0. The predicted octanol–water partition coefficient (Wildman–Crippen LogP) is 12.2. The van der Waals surface area contributed by atoms with E-state index in [4.69, 9.17) is 14.2 Å². The van der Waals surface area contributed by atoms with Gasteiger partial charge in [-0.15, -0.1) is 0 Å². The third kappa shape index (κ3) is 11.1. The topological polar surface area (TPSA) is 122 Å². The van der Waals surface area contributed by atoms with Gasteiger partial charge < -0.3 is 18.9 Å².